The van der Waals surface area contributed by atoms with E-state index in [1.165, 1.54) is 6.42 Å². The molecule has 3 rings (SSSR count). The molecule has 1 aliphatic rings. The number of nitrogens with one attached hydrogen (secondary N) is 1. The van der Waals surface area contributed by atoms with Gasteiger partial charge in [-0.05, 0) is 43.0 Å². The molecule has 0 spiro atoms. The van der Waals surface area contributed by atoms with Crippen LogP contribution in [0.3, 0.4) is 0 Å². The van der Waals surface area contributed by atoms with Gasteiger partial charge in [-0.1, -0.05) is 46.3 Å². The van der Waals surface area contributed by atoms with Crippen molar-refractivity contribution in [3.05, 3.63) is 64.1 Å². The standard InChI is InChI=1S/C21H23BrN2O2S/c22-18-10-4-2-8-16(18)14-27-15-20(25)23-19-11-5-3-9-17(19)21(26)24-12-6-1-7-13-24/h2-5,8-11H,1,6-7,12-15H2,(H,23,25). The smallest absolute Gasteiger partial charge is 0.255 e. The maximum Gasteiger partial charge on any atom is 0.255 e. The zero-order valence-corrected chi connectivity index (χ0v) is 17.5. The van der Waals surface area contributed by atoms with Crippen LogP contribution in [-0.2, 0) is 10.5 Å². The molecule has 1 fully saturated rings. The minimum atomic E-state index is -0.0917. The minimum Gasteiger partial charge on any atom is -0.339 e. The number of rotatable bonds is 6. The Kier molecular flexibility index (Phi) is 7.35. The third kappa shape index (κ3) is 5.59. The van der Waals surface area contributed by atoms with Crippen molar-refractivity contribution < 1.29 is 9.59 Å². The lowest BCUT2D eigenvalue weighted by atomic mass is 10.1. The van der Waals surface area contributed by atoms with Crippen LogP contribution < -0.4 is 5.32 Å². The molecule has 0 saturated carbocycles. The summed E-state index contributed by atoms with van der Waals surface area (Å²) < 4.78 is 1.05. The summed E-state index contributed by atoms with van der Waals surface area (Å²) >= 11 is 5.08. The van der Waals surface area contributed by atoms with Crippen molar-refractivity contribution in [2.24, 2.45) is 0 Å². The molecule has 1 saturated heterocycles. The summed E-state index contributed by atoms with van der Waals surface area (Å²) in [6, 6.07) is 15.3. The molecular weight excluding hydrogens is 424 g/mol. The Hall–Kier alpha value is -1.79. The van der Waals surface area contributed by atoms with Crippen LogP contribution in [0.5, 0.6) is 0 Å². The highest BCUT2D eigenvalue weighted by atomic mass is 79.9. The first kappa shape index (κ1) is 20.0. The number of carbonyl (C=O) groups is 2. The number of piperidine rings is 1. The van der Waals surface area contributed by atoms with Crippen molar-refractivity contribution in [3.63, 3.8) is 0 Å². The molecule has 1 N–H and O–H groups in total. The highest BCUT2D eigenvalue weighted by molar-refractivity contribution is 9.10. The molecule has 0 aliphatic carbocycles. The van der Waals surface area contributed by atoms with Crippen molar-refractivity contribution in [1.29, 1.82) is 0 Å². The number of halogens is 1. The van der Waals surface area contributed by atoms with E-state index in [2.05, 4.69) is 21.2 Å². The molecule has 2 amide bonds. The number of nitrogens with zero attached hydrogens (tertiary/aromatic N) is 1. The summed E-state index contributed by atoms with van der Waals surface area (Å²) in [5.74, 6) is 1.01. The fourth-order valence-corrected chi connectivity index (χ4v) is 4.54. The van der Waals surface area contributed by atoms with Crippen LogP contribution in [0.1, 0.15) is 35.2 Å². The zero-order chi connectivity index (χ0) is 19.1. The maximum absolute atomic E-state index is 12.8. The summed E-state index contributed by atoms with van der Waals surface area (Å²) in [5.41, 5.74) is 2.33. The van der Waals surface area contributed by atoms with Gasteiger partial charge in [-0.25, -0.2) is 0 Å². The van der Waals surface area contributed by atoms with Crippen LogP contribution in [0.2, 0.25) is 0 Å². The van der Waals surface area contributed by atoms with E-state index in [1.54, 1.807) is 23.9 Å². The molecule has 4 nitrogen and oxygen atoms in total. The predicted molar refractivity (Wildman–Crippen MR) is 115 cm³/mol. The second-order valence-corrected chi connectivity index (χ2v) is 8.37. The number of amides is 2. The Morgan fingerprint density at radius 3 is 2.48 bits per heavy atom. The quantitative estimate of drug-likeness (QED) is 0.682. The van der Waals surface area contributed by atoms with Crippen LogP contribution in [0, 0.1) is 0 Å². The molecule has 0 atom stereocenters. The van der Waals surface area contributed by atoms with Gasteiger partial charge in [-0.2, -0.15) is 0 Å². The monoisotopic (exact) mass is 446 g/mol. The van der Waals surface area contributed by atoms with Crippen LogP contribution in [0.4, 0.5) is 5.69 Å². The summed E-state index contributed by atoms with van der Waals surface area (Å²) in [4.78, 5) is 27.1. The molecular formula is C21H23BrN2O2S. The normalized spacial score (nSPS) is 14.0. The molecule has 0 unspecified atom stereocenters. The van der Waals surface area contributed by atoms with Gasteiger partial charge >= 0.3 is 0 Å². The number of thioether (sulfide) groups is 1. The predicted octanol–water partition coefficient (Wildman–Crippen LogP) is 4.95. The SMILES string of the molecule is O=C(CSCc1ccccc1Br)Nc1ccccc1C(=O)N1CCCCC1. The Bertz CT molecular complexity index is 806. The lowest BCUT2D eigenvalue weighted by Crippen LogP contribution is -2.36. The van der Waals surface area contributed by atoms with Crippen LogP contribution in [0.25, 0.3) is 0 Å². The van der Waals surface area contributed by atoms with Gasteiger partial charge in [0.2, 0.25) is 5.91 Å². The van der Waals surface area contributed by atoms with E-state index in [0.717, 1.165) is 41.7 Å². The van der Waals surface area contributed by atoms with Gasteiger partial charge in [0.05, 0.1) is 17.0 Å². The van der Waals surface area contributed by atoms with E-state index in [4.69, 9.17) is 0 Å². The van der Waals surface area contributed by atoms with Gasteiger partial charge in [0.25, 0.3) is 5.91 Å². The number of benzene rings is 2. The topological polar surface area (TPSA) is 49.4 Å². The van der Waals surface area contributed by atoms with E-state index in [-0.39, 0.29) is 11.8 Å². The highest BCUT2D eigenvalue weighted by Crippen LogP contribution is 2.23. The number of hydrogen-bond donors (Lipinski definition) is 1. The highest BCUT2D eigenvalue weighted by Gasteiger charge is 2.21. The van der Waals surface area contributed by atoms with Crippen LogP contribution in [0.15, 0.2) is 53.0 Å². The first-order valence-electron chi connectivity index (χ1n) is 9.14. The largest absolute Gasteiger partial charge is 0.339 e. The number of para-hydroxylation sites is 1. The summed E-state index contributed by atoms with van der Waals surface area (Å²) in [6.07, 6.45) is 3.27. The third-order valence-electron chi connectivity index (χ3n) is 4.52. The molecule has 0 aromatic heterocycles. The van der Waals surface area contributed by atoms with E-state index in [9.17, 15) is 9.59 Å². The van der Waals surface area contributed by atoms with Crippen molar-refractivity contribution in [2.75, 3.05) is 24.2 Å². The van der Waals surface area contributed by atoms with Gasteiger partial charge in [-0.15, -0.1) is 11.8 Å². The molecule has 2 aromatic rings. The summed E-state index contributed by atoms with van der Waals surface area (Å²) in [7, 11) is 0. The number of hydrogen-bond acceptors (Lipinski definition) is 3. The minimum absolute atomic E-state index is 0.00599. The summed E-state index contributed by atoms with van der Waals surface area (Å²) in [5, 5.41) is 2.91. The molecule has 1 aliphatic heterocycles. The lowest BCUT2D eigenvalue weighted by Gasteiger charge is -2.27. The van der Waals surface area contributed by atoms with E-state index in [0.29, 0.717) is 17.0 Å². The summed E-state index contributed by atoms with van der Waals surface area (Å²) in [6.45, 7) is 1.59. The first-order valence-corrected chi connectivity index (χ1v) is 11.1. The van der Waals surface area contributed by atoms with Crippen molar-refractivity contribution in [1.82, 2.24) is 4.90 Å². The molecule has 27 heavy (non-hydrogen) atoms. The molecule has 1 heterocycles. The molecule has 2 aromatic carbocycles. The Morgan fingerprint density at radius 1 is 1.00 bits per heavy atom. The van der Waals surface area contributed by atoms with Crippen LogP contribution in [-0.4, -0.2) is 35.6 Å². The van der Waals surface area contributed by atoms with Gasteiger partial charge in [0.15, 0.2) is 0 Å². The number of likely N-dealkylation sites (tertiary alicyclic amines) is 1. The van der Waals surface area contributed by atoms with Gasteiger partial charge in [-0.3, -0.25) is 9.59 Å². The third-order valence-corrected chi connectivity index (χ3v) is 6.28. The zero-order valence-electron chi connectivity index (χ0n) is 15.1. The van der Waals surface area contributed by atoms with Crippen molar-refractivity contribution in [3.8, 4) is 0 Å². The Labute approximate surface area is 172 Å². The molecule has 142 valence electrons. The van der Waals surface area contributed by atoms with Crippen molar-refractivity contribution >= 4 is 45.2 Å². The fraction of sp³-hybridized carbons (Fsp3) is 0.333. The number of carbonyl (C=O) groups excluding carboxylic acids is 2. The van der Waals surface area contributed by atoms with Crippen LogP contribution >= 0.6 is 27.7 Å². The van der Waals surface area contributed by atoms with Crippen molar-refractivity contribution in [2.45, 2.75) is 25.0 Å². The Morgan fingerprint density at radius 2 is 1.70 bits per heavy atom. The second kappa shape index (κ2) is 9.95. The Balaban J connectivity index is 1.57. The van der Waals surface area contributed by atoms with E-state index >= 15 is 0 Å². The lowest BCUT2D eigenvalue weighted by molar-refractivity contribution is -0.113. The fourth-order valence-electron chi connectivity index (χ4n) is 3.10. The average molecular weight is 447 g/mol. The second-order valence-electron chi connectivity index (χ2n) is 6.53. The maximum atomic E-state index is 12.8. The van der Waals surface area contributed by atoms with E-state index in [1.807, 2.05) is 41.3 Å². The average Bonchev–Trinajstić information content (AvgIpc) is 2.70. The van der Waals surface area contributed by atoms with Gasteiger partial charge in [0, 0.05) is 23.3 Å². The van der Waals surface area contributed by atoms with E-state index < -0.39 is 0 Å². The number of anilines is 1. The molecule has 0 bridgehead atoms. The molecule has 0 radical (unpaired) electrons. The van der Waals surface area contributed by atoms with Gasteiger partial charge < -0.3 is 10.2 Å². The molecule has 6 heteroatoms. The first-order chi connectivity index (χ1) is 13.1. The van der Waals surface area contributed by atoms with Gasteiger partial charge in [0.1, 0.15) is 0 Å².